The molecular weight excluding hydrogens is 472 g/mol. The summed E-state index contributed by atoms with van der Waals surface area (Å²) in [5, 5.41) is 8.09. The molecule has 5 rings (SSSR count). The number of nitrogens with zero attached hydrogens (tertiary/aromatic N) is 6. The Bertz CT molecular complexity index is 1490. The molecule has 4 aromatic rings. The quantitative estimate of drug-likeness (QED) is 0.388. The van der Waals surface area contributed by atoms with E-state index >= 15 is 0 Å². The summed E-state index contributed by atoms with van der Waals surface area (Å²) < 4.78 is 59.9. The van der Waals surface area contributed by atoms with Gasteiger partial charge in [0, 0.05) is 37.2 Å². The van der Waals surface area contributed by atoms with Crippen LogP contribution in [-0.4, -0.2) is 48.6 Å². The van der Waals surface area contributed by atoms with Gasteiger partial charge in [-0.1, -0.05) is 6.92 Å². The highest BCUT2D eigenvalue weighted by atomic mass is 32.2. The summed E-state index contributed by atoms with van der Waals surface area (Å²) in [5.41, 5.74) is 1.28. The van der Waals surface area contributed by atoms with Crippen LogP contribution in [0.15, 0.2) is 29.4 Å². The summed E-state index contributed by atoms with van der Waals surface area (Å²) in [6, 6.07) is 4.72. The van der Waals surface area contributed by atoms with Crippen molar-refractivity contribution < 1.29 is 17.2 Å². The van der Waals surface area contributed by atoms with E-state index in [1.165, 1.54) is 21.8 Å². The van der Waals surface area contributed by atoms with E-state index in [1.807, 2.05) is 0 Å². The maximum Gasteiger partial charge on any atom is 0.288 e. The van der Waals surface area contributed by atoms with Gasteiger partial charge in [0.15, 0.2) is 26.3 Å². The number of pyridine rings is 1. The zero-order valence-corrected chi connectivity index (χ0v) is 19.7. The van der Waals surface area contributed by atoms with Gasteiger partial charge in [-0.3, -0.25) is 4.40 Å². The molecule has 0 radical (unpaired) electrons. The number of fused-ring (bicyclic) bond motifs is 2. The smallest absolute Gasteiger partial charge is 0.288 e. The molecule has 0 aliphatic heterocycles. The maximum atomic E-state index is 13.7. The van der Waals surface area contributed by atoms with Crippen LogP contribution in [0, 0.1) is 0 Å². The lowest BCUT2D eigenvalue weighted by Crippen LogP contribution is -2.11. The number of alkyl halides is 2. The Morgan fingerprint density at radius 3 is 2.67 bits per heavy atom. The van der Waals surface area contributed by atoms with E-state index in [-0.39, 0.29) is 33.5 Å². The van der Waals surface area contributed by atoms with E-state index in [2.05, 4.69) is 24.9 Å². The van der Waals surface area contributed by atoms with Crippen molar-refractivity contribution in [1.29, 1.82) is 0 Å². The van der Waals surface area contributed by atoms with E-state index in [9.17, 15) is 17.2 Å². The highest BCUT2D eigenvalue weighted by Crippen LogP contribution is 2.36. The van der Waals surface area contributed by atoms with Crippen molar-refractivity contribution >= 4 is 44.3 Å². The van der Waals surface area contributed by atoms with Crippen LogP contribution >= 0.6 is 11.9 Å². The standard InChI is InChI=1S/C20H21F2N7O2S2/c1-4-33(30,31)19-16(24-15-9-11(7-8-29(15)19)27-32-12-5-6-12)18-23-13-10-14(20(2,21)22)25-26-17(13)28(18)3/h7-10,12,27H,4-6H2,1-3H3. The molecule has 0 spiro atoms. The van der Waals surface area contributed by atoms with E-state index < -0.39 is 21.5 Å². The van der Waals surface area contributed by atoms with Crippen LogP contribution in [0.4, 0.5) is 14.5 Å². The first-order valence-electron chi connectivity index (χ1n) is 10.3. The lowest BCUT2D eigenvalue weighted by Gasteiger charge is -2.07. The van der Waals surface area contributed by atoms with E-state index in [1.54, 1.807) is 44.2 Å². The van der Waals surface area contributed by atoms with Crippen LogP contribution in [0.2, 0.25) is 0 Å². The second-order valence-corrected chi connectivity index (χ2v) is 11.4. The van der Waals surface area contributed by atoms with Crippen molar-refractivity contribution in [2.24, 2.45) is 7.05 Å². The van der Waals surface area contributed by atoms with E-state index in [0.717, 1.165) is 18.7 Å². The Kier molecular flexibility index (Phi) is 5.08. The normalized spacial score (nSPS) is 14.9. The molecule has 1 fully saturated rings. The lowest BCUT2D eigenvalue weighted by molar-refractivity contribution is 0.0120. The number of hydrogen-bond acceptors (Lipinski definition) is 8. The summed E-state index contributed by atoms with van der Waals surface area (Å²) >= 11 is 1.63. The largest absolute Gasteiger partial charge is 0.329 e. The van der Waals surface area contributed by atoms with Gasteiger partial charge in [0.2, 0.25) is 0 Å². The van der Waals surface area contributed by atoms with Gasteiger partial charge in [0.25, 0.3) is 5.92 Å². The van der Waals surface area contributed by atoms with Crippen LogP contribution < -0.4 is 4.72 Å². The number of sulfone groups is 1. The summed E-state index contributed by atoms with van der Waals surface area (Å²) in [7, 11) is -2.09. The van der Waals surface area contributed by atoms with Crippen LogP contribution in [0.1, 0.15) is 32.4 Å². The fraction of sp³-hybridized carbons (Fsp3) is 0.400. The van der Waals surface area contributed by atoms with Gasteiger partial charge < -0.3 is 9.29 Å². The number of halogens is 2. The molecular formula is C20H21F2N7O2S2. The minimum absolute atomic E-state index is 0.00574. The summed E-state index contributed by atoms with van der Waals surface area (Å²) in [6.45, 7) is 2.28. The minimum Gasteiger partial charge on any atom is -0.329 e. The van der Waals surface area contributed by atoms with Gasteiger partial charge in [0.1, 0.15) is 22.6 Å². The molecule has 1 aliphatic carbocycles. The Hall–Kier alpha value is -2.80. The highest BCUT2D eigenvalue weighted by Gasteiger charge is 2.31. The molecule has 1 aliphatic rings. The minimum atomic E-state index is -3.71. The monoisotopic (exact) mass is 493 g/mol. The molecule has 13 heteroatoms. The topological polar surface area (TPSA) is 107 Å². The predicted octanol–water partition coefficient (Wildman–Crippen LogP) is 3.81. The van der Waals surface area contributed by atoms with Gasteiger partial charge in [-0.15, -0.1) is 10.2 Å². The second-order valence-electron chi connectivity index (χ2n) is 8.05. The van der Waals surface area contributed by atoms with Crippen molar-refractivity contribution in [3.63, 3.8) is 0 Å². The van der Waals surface area contributed by atoms with Gasteiger partial charge in [-0.2, -0.15) is 8.78 Å². The molecule has 174 valence electrons. The third kappa shape index (κ3) is 3.92. The van der Waals surface area contributed by atoms with Crippen molar-refractivity contribution in [2.75, 3.05) is 10.5 Å². The Balaban J connectivity index is 1.69. The Labute approximate surface area is 192 Å². The van der Waals surface area contributed by atoms with Crippen LogP contribution in [0.25, 0.3) is 28.3 Å². The first-order chi connectivity index (χ1) is 15.6. The van der Waals surface area contributed by atoms with Crippen LogP contribution in [0.5, 0.6) is 0 Å². The molecule has 0 aromatic carbocycles. The third-order valence-electron chi connectivity index (χ3n) is 5.40. The number of hydrogen-bond donors (Lipinski definition) is 1. The van der Waals surface area contributed by atoms with Gasteiger partial charge in [-0.25, -0.2) is 18.4 Å². The van der Waals surface area contributed by atoms with Gasteiger partial charge >= 0.3 is 0 Å². The maximum absolute atomic E-state index is 13.7. The Morgan fingerprint density at radius 2 is 2.00 bits per heavy atom. The average Bonchev–Trinajstić information content (AvgIpc) is 3.43. The van der Waals surface area contributed by atoms with Crippen LogP contribution in [-0.2, 0) is 22.8 Å². The van der Waals surface area contributed by atoms with E-state index in [0.29, 0.717) is 10.9 Å². The van der Waals surface area contributed by atoms with Crippen molar-refractivity contribution in [1.82, 2.24) is 29.1 Å². The Morgan fingerprint density at radius 1 is 1.24 bits per heavy atom. The number of nitrogens with one attached hydrogen (secondary N) is 1. The number of aryl methyl sites for hydroxylation is 1. The molecule has 1 saturated carbocycles. The molecule has 0 atom stereocenters. The molecule has 9 nitrogen and oxygen atoms in total. The first kappa shape index (κ1) is 22.0. The fourth-order valence-electron chi connectivity index (χ4n) is 3.41. The predicted molar refractivity (Wildman–Crippen MR) is 122 cm³/mol. The number of anilines is 1. The van der Waals surface area contributed by atoms with Crippen LogP contribution in [0.3, 0.4) is 0 Å². The SMILES string of the molecule is CCS(=O)(=O)c1c(-c2nc3cc(C(C)(F)F)nnc3n2C)nc2cc(NSC3CC3)ccn12. The number of aromatic nitrogens is 6. The second kappa shape index (κ2) is 7.62. The average molecular weight is 494 g/mol. The molecule has 0 bridgehead atoms. The zero-order chi connectivity index (χ0) is 23.5. The zero-order valence-electron chi connectivity index (χ0n) is 18.1. The van der Waals surface area contributed by atoms with Gasteiger partial charge in [0.05, 0.1) is 5.75 Å². The highest BCUT2D eigenvalue weighted by molar-refractivity contribution is 8.01. The lowest BCUT2D eigenvalue weighted by atomic mass is 10.2. The fourth-order valence-corrected chi connectivity index (χ4v) is 5.38. The summed E-state index contributed by atoms with van der Waals surface area (Å²) in [6.07, 6.45) is 4.00. The molecule has 33 heavy (non-hydrogen) atoms. The molecule has 4 heterocycles. The molecule has 0 saturated heterocycles. The summed E-state index contributed by atoms with van der Waals surface area (Å²) in [4.78, 5) is 9.00. The molecule has 4 aromatic heterocycles. The van der Waals surface area contributed by atoms with Crippen molar-refractivity contribution in [3.8, 4) is 11.5 Å². The number of rotatable bonds is 7. The summed E-state index contributed by atoms with van der Waals surface area (Å²) in [5.74, 6) is -3.12. The van der Waals surface area contributed by atoms with Crippen molar-refractivity contribution in [2.45, 2.75) is 42.9 Å². The first-order valence-corrected chi connectivity index (χ1v) is 12.9. The molecule has 0 amide bonds. The van der Waals surface area contributed by atoms with E-state index in [4.69, 9.17) is 0 Å². The van der Waals surface area contributed by atoms with Crippen molar-refractivity contribution in [3.05, 3.63) is 30.1 Å². The molecule has 1 N–H and O–H groups in total. The van der Waals surface area contributed by atoms with Gasteiger partial charge in [-0.05, 0) is 36.9 Å². The third-order valence-corrected chi connectivity index (χ3v) is 8.30. The molecule has 0 unspecified atom stereocenters. The number of imidazole rings is 2.